The molecule has 2 aliphatic rings. The lowest BCUT2D eigenvalue weighted by molar-refractivity contribution is -0.140. The summed E-state index contributed by atoms with van der Waals surface area (Å²) in [5.41, 5.74) is 0.146. The first-order chi connectivity index (χ1) is 18.1. The van der Waals surface area contributed by atoms with Crippen LogP contribution in [0.3, 0.4) is 0 Å². The van der Waals surface area contributed by atoms with Gasteiger partial charge in [-0.25, -0.2) is 9.97 Å². The van der Waals surface area contributed by atoms with Crippen molar-refractivity contribution in [2.75, 3.05) is 51.3 Å². The van der Waals surface area contributed by atoms with Gasteiger partial charge in [0.15, 0.2) is 0 Å². The van der Waals surface area contributed by atoms with Gasteiger partial charge in [0.2, 0.25) is 5.91 Å². The second-order valence-corrected chi connectivity index (χ2v) is 11.7. The monoisotopic (exact) mass is 598 g/mol. The maximum Gasteiger partial charge on any atom is 0.259 e. The highest BCUT2D eigenvalue weighted by Crippen LogP contribution is 2.26. The molecule has 0 aliphatic carbocycles. The Labute approximate surface area is 249 Å². The number of piperidine rings is 1. The maximum absolute atomic E-state index is 14.1. The van der Waals surface area contributed by atoms with Gasteiger partial charge in [-0.2, -0.15) is 0 Å². The molecular weight excluding hydrogens is 555 g/mol. The maximum atomic E-state index is 14.1. The molecule has 2 atom stereocenters. The van der Waals surface area contributed by atoms with Gasteiger partial charge in [0.25, 0.3) is 5.91 Å². The van der Waals surface area contributed by atoms with E-state index in [1.165, 1.54) is 0 Å². The van der Waals surface area contributed by atoms with Gasteiger partial charge in [-0.3, -0.25) is 9.59 Å². The number of hydrogen-bond donors (Lipinski definition) is 2. The zero-order valence-corrected chi connectivity index (χ0v) is 25.8. The first kappa shape index (κ1) is 33.8. The summed E-state index contributed by atoms with van der Waals surface area (Å²) in [6.45, 7) is 15.0. The molecule has 0 aromatic carbocycles. The molecule has 2 amide bonds. The van der Waals surface area contributed by atoms with Crippen molar-refractivity contribution in [2.24, 2.45) is 11.8 Å². The quantitative estimate of drug-likeness (QED) is 0.472. The molecule has 4 heterocycles. The fraction of sp³-hybridized carbons (Fsp3) is 0.643. The van der Waals surface area contributed by atoms with Gasteiger partial charge in [0.1, 0.15) is 23.0 Å². The minimum atomic E-state index is -0.277. The lowest BCUT2D eigenvalue weighted by atomic mass is 9.92. The van der Waals surface area contributed by atoms with Crippen molar-refractivity contribution in [3.63, 3.8) is 0 Å². The molecular formula is C28H44Cl2N6O4. The Morgan fingerprint density at radius 2 is 1.93 bits per heavy atom. The molecule has 2 N–H and O–H groups in total. The van der Waals surface area contributed by atoms with E-state index in [0.29, 0.717) is 76.1 Å². The molecule has 2 saturated heterocycles. The van der Waals surface area contributed by atoms with E-state index in [0.717, 1.165) is 5.76 Å². The van der Waals surface area contributed by atoms with Crippen molar-refractivity contribution in [3.05, 3.63) is 41.7 Å². The highest BCUT2D eigenvalue weighted by molar-refractivity contribution is 5.98. The lowest BCUT2D eigenvalue weighted by Crippen LogP contribution is -2.56. The number of nitrogens with one attached hydrogen (secondary N) is 2. The number of aromatic nitrogens is 2. The number of carbonyl (C=O) groups excluding carboxylic acids is 2. The molecule has 0 bridgehead atoms. The summed E-state index contributed by atoms with van der Waals surface area (Å²) >= 11 is 0. The summed E-state index contributed by atoms with van der Waals surface area (Å²) in [5, 5.41) is 6.73. The van der Waals surface area contributed by atoms with Crippen molar-refractivity contribution in [3.8, 4) is 0 Å². The molecule has 2 fully saturated rings. The van der Waals surface area contributed by atoms with Gasteiger partial charge in [-0.05, 0) is 24.5 Å². The summed E-state index contributed by atoms with van der Waals surface area (Å²) in [4.78, 5) is 40.5. The third-order valence-electron chi connectivity index (χ3n) is 6.96. The van der Waals surface area contributed by atoms with E-state index in [9.17, 15) is 9.59 Å². The minimum Gasteiger partial charge on any atom is -0.467 e. The molecule has 0 radical (unpaired) electrons. The molecule has 224 valence electrons. The largest absolute Gasteiger partial charge is 0.467 e. The molecule has 12 heteroatoms. The van der Waals surface area contributed by atoms with Crippen LogP contribution in [0.5, 0.6) is 0 Å². The number of halogens is 2. The predicted octanol–water partition coefficient (Wildman–Crippen LogP) is 3.76. The number of hydrogen-bond acceptors (Lipinski definition) is 8. The molecule has 0 unspecified atom stereocenters. The number of furan rings is 1. The van der Waals surface area contributed by atoms with Crippen LogP contribution in [0.4, 0.5) is 5.82 Å². The molecule has 2 aromatic rings. The normalized spacial score (nSPS) is 19.4. The van der Waals surface area contributed by atoms with Crippen LogP contribution >= 0.6 is 24.8 Å². The lowest BCUT2D eigenvalue weighted by Gasteiger charge is -2.40. The summed E-state index contributed by atoms with van der Waals surface area (Å²) in [7, 11) is 0. The topological polar surface area (TPSA) is 113 Å². The third-order valence-corrected chi connectivity index (χ3v) is 6.96. The number of anilines is 1. The highest BCUT2D eigenvalue weighted by Gasteiger charge is 2.36. The Morgan fingerprint density at radius 1 is 1.20 bits per heavy atom. The minimum absolute atomic E-state index is 0. The van der Waals surface area contributed by atoms with Crippen molar-refractivity contribution in [1.82, 2.24) is 25.1 Å². The SMILES string of the molecule is CC(C)CN(C(=O)c1cnc(C(C)(C)C)nc1NCc1ccco1)[C@@H]1CNC[C@H](C(=O)N2CCOCC2)C1.Cl.Cl. The number of carbonyl (C=O) groups is 2. The van der Waals surface area contributed by atoms with Crippen molar-refractivity contribution < 1.29 is 18.7 Å². The van der Waals surface area contributed by atoms with E-state index >= 15 is 0 Å². The van der Waals surface area contributed by atoms with Gasteiger partial charge in [0, 0.05) is 50.4 Å². The van der Waals surface area contributed by atoms with Crippen LogP contribution in [0.2, 0.25) is 0 Å². The molecule has 0 spiro atoms. The average molecular weight is 600 g/mol. The van der Waals surface area contributed by atoms with E-state index in [1.54, 1.807) is 12.5 Å². The van der Waals surface area contributed by atoms with E-state index in [2.05, 4.69) is 29.5 Å². The van der Waals surface area contributed by atoms with E-state index in [-0.39, 0.29) is 59.9 Å². The van der Waals surface area contributed by atoms with Crippen LogP contribution in [0.25, 0.3) is 0 Å². The molecule has 10 nitrogen and oxygen atoms in total. The van der Waals surface area contributed by atoms with Gasteiger partial charge < -0.3 is 29.6 Å². The Morgan fingerprint density at radius 3 is 2.55 bits per heavy atom. The smallest absolute Gasteiger partial charge is 0.259 e. The number of amides is 2. The summed E-state index contributed by atoms with van der Waals surface area (Å²) in [6, 6.07) is 3.59. The molecule has 2 aromatic heterocycles. The highest BCUT2D eigenvalue weighted by atomic mass is 35.5. The Bertz CT molecular complexity index is 1090. The number of nitrogens with zero attached hydrogens (tertiary/aromatic N) is 4. The molecule has 0 saturated carbocycles. The second-order valence-electron chi connectivity index (χ2n) is 11.7. The van der Waals surface area contributed by atoms with Crippen LogP contribution in [-0.2, 0) is 21.5 Å². The third kappa shape index (κ3) is 8.55. The molecule has 2 aliphatic heterocycles. The predicted molar refractivity (Wildman–Crippen MR) is 159 cm³/mol. The Kier molecular flexibility index (Phi) is 12.7. The van der Waals surface area contributed by atoms with Crippen LogP contribution in [0.1, 0.15) is 63.0 Å². The van der Waals surface area contributed by atoms with Gasteiger partial charge in [-0.15, -0.1) is 24.8 Å². The zero-order valence-electron chi connectivity index (χ0n) is 24.1. The van der Waals surface area contributed by atoms with Crippen LogP contribution in [0.15, 0.2) is 29.0 Å². The molecule has 4 rings (SSSR count). The summed E-state index contributed by atoms with van der Waals surface area (Å²) < 4.78 is 10.9. The van der Waals surface area contributed by atoms with E-state index in [4.69, 9.17) is 14.1 Å². The van der Waals surface area contributed by atoms with Crippen LogP contribution in [-0.4, -0.2) is 83.6 Å². The average Bonchev–Trinajstić information content (AvgIpc) is 3.43. The van der Waals surface area contributed by atoms with E-state index < -0.39 is 0 Å². The fourth-order valence-electron chi connectivity index (χ4n) is 4.95. The number of rotatable bonds is 8. The first-order valence-corrected chi connectivity index (χ1v) is 13.7. The Balaban J connectivity index is 0.00000280. The fourth-order valence-corrected chi connectivity index (χ4v) is 4.95. The van der Waals surface area contributed by atoms with Gasteiger partial charge >= 0.3 is 0 Å². The Hall–Kier alpha value is -2.40. The summed E-state index contributed by atoms with van der Waals surface area (Å²) in [6.07, 6.45) is 3.89. The van der Waals surface area contributed by atoms with Gasteiger partial charge in [0.05, 0.1) is 31.9 Å². The summed E-state index contributed by atoms with van der Waals surface area (Å²) in [5.74, 6) is 1.98. The number of ether oxygens (including phenoxy) is 1. The zero-order chi connectivity index (χ0) is 27.3. The van der Waals surface area contributed by atoms with Gasteiger partial charge in [-0.1, -0.05) is 34.6 Å². The van der Waals surface area contributed by atoms with Crippen molar-refractivity contribution in [1.29, 1.82) is 0 Å². The van der Waals surface area contributed by atoms with E-state index in [1.807, 2.05) is 42.7 Å². The number of morpholine rings is 1. The van der Waals surface area contributed by atoms with Crippen LogP contribution < -0.4 is 10.6 Å². The second kappa shape index (κ2) is 15.0. The standard InChI is InChI=1S/C28H42N6O4.2ClH/c1-19(2)18-34(21-13-20(14-29-15-21)25(35)33-8-11-37-12-9-33)26(36)23-17-31-27(28(3,4)5)32-24(23)30-16-22-7-6-10-38-22;;/h6-7,10,17,19-21,29H,8-9,11-16,18H2,1-5H3,(H,30,31,32);2*1H/t20-,21+;;/m1../s1. The van der Waals surface area contributed by atoms with Crippen molar-refractivity contribution in [2.45, 2.75) is 59.0 Å². The first-order valence-electron chi connectivity index (χ1n) is 13.7. The van der Waals surface area contributed by atoms with Crippen molar-refractivity contribution >= 4 is 42.4 Å². The van der Waals surface area contributed by atoms with Crippen LogP contribution in [0, 0.1) is 11.8 Å². The molecule has 40 heavy (non-hydrogen) atoms.